The predicted molar refractivity (Wildman–Crippen MR) is 135 cm³/mol. The molecule has 3 amide bonds. The molecule has 1 aliphatic rings. The van der Waals surface area contributed by atoms with E-state index < -0.39 is 17.9 Å². The second kappa shape index (κ2) is 12.1. The number of hydrogen-bond acceptors (Lipinski definition) is 8. The summed E-state index contributed by atoms with van der Waals surface area (Å²) in [5.41, 5.74) is 3.83. The molecular weight excluding hydrogens is 494 g/mol. The molecule has 0 saturated heterocycles. The number of carbonyl (C=O) groups excluding carboxylic acids is 3. The van der Waals surface area contributed by atoms with Crippen molar-refractivity contribution in [3.63, 3.8) is 0 Å². The van der Waals surface area contributed by atoms with Gasteiger partial charge in [-0.3, -0.25) is 24.2 Å². The quantitative estimate of drug-likeness (QED) is 0.283. The van der Waals surface area contributed by atoms with Gasteiger partial charge >= 0.3 is 0 Å². The van der Waals surface area contributed by atoms with Crippen molar-refractivity contribution in [2.24, 2.45) is 4.99 Å². The number of amidine groups is 1. The number of hydrogen-bond donors (Lipinski definition) is 3. The first-order valence-electron chi connectivity index (χ1n) is 10.8. The maximum Gasteiger partial charge on any atom is 0.292 e. The van der Waals surface area contributed by atoms with Gasteiger partial charge in [-0.2, -0.15) is 0 Å². The number of hydroxylamine groups is 1. The van der Waals surface area contributed by atoms with Gasteiger partial charge < -0.3 is 20.4 Å². The smallest absolute Gasteiger partial charge is 0.292 e. The first-order chi connectivity index (χ1) is 16.7. The molecular formula is C22H28ClN7O4S. The Morgan fingerprint density at radius 3 is 2.66 bits per heavy atom. The third kappa shape index (κ3) is 7.21. The van der Waals surface area contributed by atoms with Crippen LogP contribution in [-0.2, 0) is 27.4 Å². The second-order valence-corrected chi connectivity index (χ2v) is 9.61. The number of nitrogens with zero attached hydrogens (tertiary/aromatic N) is 4. The fraction of sp³-hybridized carbons (Fsp3) is 0.409. The lowest BCUT2D eigenvalue weighted by atomic mass is 10.2. The maximum absolute atomic E-state index is 12.9. The molecule has 0 fully saturated rings. The van der Waals surface area contributed by atoms with Crippen molar-refractivity contribution in [2.45, 2.75) is 19.0 Å². The van der Waals surface area contributed by atoms with Crippen LogP contribution in [0.1, 0.15) is 20.4 Å². The molecule has 1 unspecified atom stereocenters. The zero-order chi connectivity index (χ0) is 25.5. The summed E-state index contributed by atoms with van der Waals surface area (Å²) in [7, 11) is 6.49. The van der Waals surface area contributed by atoms with E-state index in [0.717, 1.165) is 30.1 Å². The summed E-state index contributed by atoms with van der Waals surface area (Å²) in [5, 5.41) is 6.19. The Bertz CT molecular complexity index is 1100. The van der Waals surface area contributed by atoms with Crippen LogP contribution in [0.5, 0.6) is 0 Å². The molecule has 11 nitrogen and oxygen atoms in total. The van der Waals surface area contributed by atoms with Gasteiger partial charge in [0.15, 0.2) is 5.01 Å². The van der Waals surface area contributed by atoms with Crippen LogP contribution < -0.4 is 16.1 Å². The number of aromatic nitrogens is 1. The van der Waals surface area contributed by atoms with Crippen LogP contribution in [0.15, 0.2) is 29.3 Å². The van der Waals surface area contributed by atoms with Crippen LogP contribution in [0, 0.1) is 0 Å². The van der Waals surface area contributed by atoms with E-state index in [1.165, 1.54) is 23.3 Å². The molecule has 188 valence electrons. The molecule has 1 atom stereocenters. The van der Waals surface area contributed by atoms with Crippen molar-refractivity contribution in [3.8, 4) is 0 Å². The third-order valence-electron chi connectivity index (χ3n) is 5.11. The number of halogens is 1. The van der Waals surface area contributed by atoms with E-state index >= 15 is 0 Å². The average molecular weight is 522 g/mol. The lowest BCUT2D eigenvalue weighted by Gasteiger charge is -2.20. The maximum atomic E-state index is 12.9. The number of nitrogens with one attached hydrogen (secondary N) is 3. The number of aliphatic imine (C=N–C) groups is 1. The van der Waals surface area contributed by atoms with E-state index in [4.69, 9.17) is 16.4 Å². The molecule has 0 radical (unpaired) electrons. The molecule has 35 heavy (non-hydrogen) atoms. The number of rotatable bonds is 7. The normalized spacial score (nSPS) is 14.6. The molecule has 0 bridgehead atoms. The van der Waals surface area contributed by atoms with E-state index in [0.29, 0.717) is 15.7 Å². The second-order valence-electron chi connectivity index (χ2n) is 8.09. The van der Waals surface area contributed by atoms with Gasteiger partial charge in [-0.05, 0) is 31.3 Å². The van der Waals surface area contributed by atoms with E-state index in [2.05, 4.69) is 31.0 Å². The highest BCUT2D eigenvalue weighted by molar-refractivity contribution is 7.13. The van der Waals surface area contributed by atoms with Crippen molar-refractivity contribution in [3.05, 3.63) is 44.9 Å². The Labute approximate surface area is 212 Å². The van der Waals surface area contributed by atoms with E-state index in [-0.39, 0.29) is 18.3 Å². The van der Waals surface area contributed by atoms with Crippen LogP contribution in [-0.4, -0.2) is 85.7 Å². The number of fused-ring (bicyclic) bond motifs is 1. The Balaban J connectivity index is 1.74. The molecule has 1 aromatic carbocycles. The zero-order valence-electron chi connectivity index (χ0n) is 19.9. The molecule has 13 heteroatoms. The summed E-state index contributed by atoms with van der Waals surface area (Å²) in [4.78, 5) is 56.5. The summed E-state index contributed by atoms with van der Waals surface area (Å²) in [6.45, 7) is 1.41. The average Bonchev–Trinajstić information content (AvgIpc) is 3.25. The summed E-state index contributed by atoms with van der Waals surface area (Å²) in [6, 6.07) is 5.52. The minimum absolute atomic E-state index is 0.166. The largest absolute Gasteiger partial charge is 0.347 e. The van der Waals surface area contributed by atoms with Gasteiger partial charge in [-0.15, -0.1) is 11.3 Å². The number of anilines is 1. The number of amides is 3. The Morgan fingerprint density at radius 2 is 2.00 bits per heavy atom. The Morgan fingerprint density at radius 1 is 1.29 bits per heavy atom. The lowest BCUT2D eigenvalue weighted by molar-refractivity contribution is -0.130. The third-order valence-corrected chi connectivity index (χ3v) is 6.44. The van der Waals surface area contributed by atoms with Crippen LogP contribution in [0.2, 0.25) is 5.02 Å². The van der Waals surface area contributed by atoms with Crippen molar-refractivity contribution in [2.75, 3.05) is 46.7 Å². The van der Waals surface area contributed by atoms with Crippen molar-refractivity contribution in [1.29, 1.82) is 0 Å². The van der Waals surface area contributed by atoms with Gasteiger partial charge in [0.05, 0.1) is 19.3 Å². The highest BCUT2D eigenvalue weighted by Gasteiger charge is 2.27. The minimum Gasteiger partial charge on any atom is -0.347 e. The summed E-state index contributed by atoms with van der Waals surface area (Å²) >= 11 is 7.19. The van der Waals surface area contributed by atoms with Crippen molar-refractivity contribution < 1.29 is 19.2 Å². The lowest BCUT2D eigenvalue weighted by Crippen LogP contribution is -2.48. The molecule has 0 spiro atoms. The van der Waals surface area contributed by atoms with Gasteiger partial charge in [-0.25, -0.2) is 10.5 Å². The Hall–Kier alpha value is -3.06. The fourth-order valence-corrected chi connectivity index (χ4v) is 4.51. The molecule has 2 heterocycles. The fourth-order valence-electron chi connectivity index (χ4n) is 3.29. The number of likely N-dealkylation sites (N-methyl/N-ethyl adjacent to an activating group) is 2. The van der Waals surface area contributed by atoms with Crippen LogP contribution >= 0.6 is 22.9 Å². The number of carbonyl (C=O) groups is 3. The first kappa shape index (κ1) is 26.5. The number of benzene rings is 1. The number of thiazole rings is 1. The minimum atomic E-state index is -1.02. The summed E-state index contributed by atoms with van der Waals surface area (Å²) in [6.07, 6.45) is 0.773. The topological polar surface area (TPSA) is 128 Å². The van der Waals surface area contributed by atoms with Crippen LogP contribution in [0.3, 0.4) is 0 Å². The van der Waals surface area contributed by atoms with Gasteiger partial charge in [-0.1, -0.05) is 11.6 Å². The molecule has 3 N–H and O–H groups in total. The molecule has 2 aromatic rings. The van der Waals surface area contributed by atoms with Crippen molar-refractivity contribution in [1.82, 2.24) is 25.6 Å². The molecule has 1 aromatic heterocycles. The highest BCUT2D eigenvalue weighted by atomic mass is 35.5. The molecule has 3 rings (SSSR count). The van der Waals surface area contributed by atoms with E-state index in [1.54, 1.807) is 38.4 Å². The van der Waals surface area contributed by atoms with Gasteiger partial charge in [0.1, 0.15) is 6.04 Å². The summed E-state index contributed by atoms with van der Waals surface area (Å²) < 4.78 is 0. The summed E-state index contributed by atoms with van der Waals surface area (Å²) in [5.74, 6) is -1.60. The molecule has 0 aliphatic carbocycles. The predicted octanol–water partition coefficient (Wildman–Crippen LogP) is 1.16. The standard InChI is InChI=1S/C22H28ClN7O4S/c1-29(2)22(33)16(26-20(32)21-27-15-9-10-30(3)12-17(15)35-21)11-24-18(28-34-4)19(31)25-14-7-5-13(23)6-8-14/h5-8,16H,9-12H2,1-4H3,(H,24,28)(H,25,31)(H,26,32). The SMILES string of the molecule is CONC(=NCC(NC(=O)c1nc2c(s1)CN(C)CC2)C(=O)N(C)C)C(=O)Nc1ccc(Cl)cc1. The van der Waals surface area contributed by atoms with Gasteiger partial charge in [0.25, 0.3) is 11.8 Å². The van der Waals surface area contributed by atoms with E-state index in [9.17, 15) is 14.4 Å². The Kier molecular flexibility index (Phi) is 9.15. The van der Waals surface area contributed by atoms with Crippen molar-refractivity contribution >= 4 is 52.2 Å². The van der Waals surface area contributed by atoms with Gasteiger partial charge in [0, 0.05) is 49.2 Å². The van der Waals surface area contributed by atoms with Crippen LogP contribution in [0.4, 0.5) is 5.69 Å². The van der Waals surface area contributed by atoms with E-state index in [1.807, 2.05) is 7.05 Å². The first-order valence-corrected chi connectivity index (χ1v) is 12.0. The highest BCUT2D eigenvalue weighted by Crippen LogP contribution is 2.24. The van der Waals surface area contributed by atoms with Gasteiger partial charge in [0.2, 0.25) is 11.7 Å². The monoisotopic (exact) mass is 521 g/mol. The molecule has 0 saturated carbocycles. The zero-order valence-corrected chi connectivity index (χ0v) is 21.5. The molecule has 1 aliphatic heterocycles. The van der Waals surface area contributed by atoms with Crippen LogP contribution in [0.25, 0.3) is 0 Å².